The van der Waals surface area contributed by atoms with Crippen LogP contribution in [0.3, 0.4) is 0 Å². The molecule has 4 atom stereocenters. The van der Waals surface area contributed by atoms with Crippen molar-refractivity contribution in [2.45, 2.75) is 44.2 Å². The number of rotatable bonds is 10. The number of nitrogens with zero attached hydrogens (tertiary/aromatic N) is 1. The molecule has 1 saturated heterocycles. The molecule has 1 heterocycles. The van der Waals surface area contributed by atoms with Gasteiger partial charge in [0.1, 0.15) is 18.3 Å². The lowest BCUT2D eigenvalue weighted by Gasteiger charge is -2.24. The number of ether oxygens (including phenoxy) is 4. The largest absolute Gasteiger partial charge is 0.374 e. The standard InChI is InChI=1S/C27H27NO4/c28-16-24-26(30-18-22-12-6-2-7-13-22)27(31-19-23-14-8-3-9-15-23)25(32-24)20-29-17-21-10-4-1-5-11-21/h1-15,24-27H,17-20H2/t24-,25+,26-,27+/m0/s1. The van der Waals surface area contributed by atoms with Gasteiger partial charge < -0.3 is 18.9 Å². The molecular weight excluding hydrogens is 402 g/mol. The van der Waals surface area contributed by atoms with Gasteiger partial charge in [-0.15, -0.1) is 0 Å². The van der Waals surface area contributed by atoms with E-state index in [0.717, 1.165) is 16.7 Å². The Labute approximate surface area is 189 Å². The van der Waals surface area contributed by atoms with Crippen LogP contribution >= 0.6 is 0 Å². The first-order chi connectivity index (χ1) is 15.8. The first-order valence-electron chi connectivity index (χ1n) is 10.8. The first kappa shape index (κ1) is 22.2. The summed E-state index contributed by atoms with van der Waals surface area (Å²) in [7, 11) is 0. The maximum atomic E-state index is 9.71. The van der Waals surface area contributed by atoms with E-state index in [-0.39, 0.29) is 0 Å². The van der Waals surface area contributed by atoms with Gasteiger partial charge >= 0.3 is 0 Å². The fraction of sp³-hybridized carbons (Fsp3) is 0.296. The highest BCUT2D eigenvalue weighted by Gasteiger charge is 2.46. The molecular formula is C27H27NO4. The number of hydrogen-bond donors (Lipinski definition) is 0. The minimum atomic E-state index is -0.718. The topological polar surface area (TPSA) is 60.7 Å². The van der Waals surface area contributed by atoms with Crippen molar-refractivity contribution in [3.8, 4) is 6.07 Å². The average molecular weight is 430 g/mol. The van der Waals surface area contributed by atoms with E-state index in [2.05, 4.69) is 6.07 Å². The van der Waals surface area contributed by atoms with Gasteiger partial charge in [-0.3, -0.25) is 0 Å². The lowest BCUT2D eigenvalue weighted by atomic mass is 10.1. The maximum Gasteiger partial charge on any atom is 0.173 e. The number of nitriles is 1. The molecule has 3 aromatic rings. The molecule has 5 nitrogen and oxygen atoms in total. The van der Waals surface area contributed by atoms with Gasteiger partial charge in [0.15, 0.2) is 6.10 Å². The van der Waals surface area contributed by atoms with E-state index in [4.69, 9.17) is 18.9 Å². The smallest absolute Gasteiger partial charge is 0.173 e. The van der Waals surface area contributed by atoms with Crippen molar-refractivity contribution in [3.63, 3.8) is 0 Å². The van der Waals surface area contributed by atoms with Gasteiger partial charge in [-0.05, 0) is 16.7 Å². The molecule has 0 bridgehead atoms. The summed E-state index contributed by atoms with van der Waals surface area (Å²) in [6, 6.07) is 32.1. The van der Waals surface area contributed by atoms with Crippen LogP contribution in [0.1, 0.15) is 16.7 Å². The summed E-state index contributed by atoms with van der Waals surface area (Å²) < 4.78 is 24.4. The third kappa shape index (κ3) is 6.03. The van der Waals surface area contributed by atoms with E-state index in [9.17, 15) is 5.26 Å². The van der Waals surface area contributed by atoms with E-state index in [0.29, 0.717) is 26.4 Å². The monoisotopic (exact) mass is 429 g/mol. The minimum absolute atomic E-state index is 0.317. The molecule has 0 unspecified atom stereocenters. The van der Waals surface area contributed by atoms with Crippen LogP contribution in [0.5, 0.6) is 0 Å². The lowest BCUT2D eigenvalue weighted by molar-refractivity contribution is -0.0896. The van der Waals surface area contributed by atoms with Gasteiger partial charge in [-0.25, -0.2) is 0 Å². The van der Waals surface area contributed by atoms with Gasteiger partial charge in [-0.1, -0.05) is 91.0 Å². The Morgan fingerprint density at radius 3 is 1.62 bits per heavy atom. The molecule has 5 heteroatoms. The normalized spacial score (nSPS) is 22.5. The summed E-state index contributed by atoms with van der Waals surface area (Å²) in [5, 5.41) is 9.71. The lowest BCUT2D eigenvalue weighted by Crippen LogP contribution is -2.38. The molecule has 1 aliphatic rings. The highest BCUT2D eigenvalue weighted by Crippen LogP contribution is 2.29. The zero-order valence-corrected chi connectivity index (χ0v) is 17.9. The van der Waals surface area contributed by atoms with Crippen LogP contribution in [0.25, 0.3) is 0 Å². The quantitative estimate of drug-likeness (QED) is 0.469. The number of hydrogen-bond acceptors (Lipinski definition) is 5. The van der Waals surface area contributed by atoms with Crippen LogP contribution in [0.2, 0.25) is 0 Å². The molecule has 1 aliphatic heterocycles. The summed E-state index contributed by atoms with van der Waals surface area (Å²) in [6.07, 6.45) is -2.04. The van der Waals surface area contributed by atoms with E-state index in [1.165, 1.54) is 0 Å². The fourth-order valence-corrected chi connectivity index (χ4v) is 3.75. The highest BCUT2D eigenvalue weighted by molar-refractivity contribution is 5.16. The molecule has 164 valence electrons. The molecule has 0 spiro atoms. The second-order valence-corrected chi connectivity index (χ2v) is 7.75. The van der Waals surface area contributed by atoms with E-state index >= 15 is 0 Å². The van der Waals surface area contributed by atoms with Gasteiger partial charge in [0, 0.05) is 0 Å². The minimum Gasteiger partial charge on any atom is -0.374 e. The average Bonchev–Trinajstić information content (AvgIpc) is 3.19. The van der Waals surface area contributed by atoms with Crippen molar-refractivity contribution in [2.75, 3.05) is 6.61 Å². The predicted octanol–water partition coefficient (Wildman–Crippen LogP) is 4.66. The fourth-order valence-electron chi connectivity index (χ4n) is 3.75. The SMILES string of the molecule is N#C[C@@H]1O[C@H](COCc2ccccc2)[C@@H](OCc2ccccc2)[C@H]1OCc1ccccc1. The van der Waals surface area contributed by atoms with Crippen LogP contribution in [0.15, 0.2) is 91.0 Å². The van der Waals surface area contributed by atoms with E-state index in [1.54, 1.807) is 0 Å². The summed E-state index contributed by atoms with van der Waals surface area (Å²) in [4.78, 5) is 0. The zero-order valence-electron chi connectivity index (χ0n) is 17.9. The molecule has 0 saturated carbocycles. The summed E-state index contributed by atoms with van der Waals surface area (Å²) >= 11 is 0. The molecule has 0 aliphatic carbocycles. The maximum absolute atomic E-state index is 9.71. The third-order valence-electron chi connectivity index (χ3n) is 5.40. The van der Waals surface area contributed by atoms with Crippen molar-refractivity contribution in [1.82, 2.24) is 0 Å². The summed E-state index contributed by atoms with van der Waals surface area (Å²) in [5.74, 6) is 0. The van der Waals surface area contributed by atoms with Crippen LogP contribution in [0.4, 0.5) is 0 Å². The summed E-state index contributed by atoms with van der Waals surface area (Å²) in [6.45, 7) is 1.58. The van der Waals surface area contributed by atoms with Gasteiger partial charge in [-0.2, -0.15) is 5.26 Å². The van der Waals surface area contributed by atoms with Crippen LogP contribution < -0.4 is 0 Å². The van der Waals surface area contributed by atoms with Crippen molar-refractivity contribution in [2.24, 2.45) is 0 Å². The molecule has 0 aromatic heterocycles. The van der Waals surface area contributed by atoms with Crippen molar-refractivity contribution in [3.05, 3.63) is 108 Å². The van der Waals surface area contributed by atoms with Crippen molar-refractivity contribution < 1.29 is 18.9 Å². The Hall–Kier alpha value is -3.01. The number of benzene rings is 3. The molecule has 3 aromatic carbocycles. The predicted molar refractivity (Wildman–Crippen MR) is 120 cm³/mol. The molecule has 4 rings (SSSR count). The molecule has 0 radical (unpaired) electrons. The van der Waals surface area contributed by atoms with Crippen molar-refractivity contribution in [1.29, 1.82) is 5.26 Å². The Morgan fingerprint density at radius 2 is 1.12 bits per heavy atom. The Bertz CT molecular complexity index is 975. The van der Waals surface area contributed by atoms with E-state index < -0.39 is 24.4 Å². The van der Waals surface area contributed by atoms with Crippen LogP contribution in [-0.4, -0.2) is 31.0 Å². The third-order valence-corrected chi connectivity index (χ3v) is 5.40. The van der Waals surface area contributed by atoms with Gasteiger partial charge in [0.2, 0.25) is 0 Å². The molecule has 0 N–H and O–H groups in total. The van der Waals surface area contributed by atoms with Crippen LogP contribution in [0, 0.1) is 11.3 Å². The van der Waals surface area contributed by atoms with Gasteiger partial charge in [0.25, 0.3) is 0 Å². The first-order valence-corrected chi connectivity index (χ1v) is 10.8. The molecule has 1 fully saturated rings. The molecule has 32 heavy (non-hydrogen) atoms. The Balaban J connectivity index is 1.43. The van der Waals surface area contributed by atoms with Gasteiger partial charge in [0.05, 0.1) is 32.5 Å². The van der Waals surface area contributed by atoms with Crippen LogP contribution in [-0.2, 0) is 38.8 Å². The second kappa shape index (κ2) is 11.6. The van der Waals surface area contributed by atoms with Crippen molar-refractivity contribution >= 4 is 0 Å². The highest BCUT2D eigenvalue weighted by atomic mass is 16.6. The zero-order chi connectivity index (χ0) is 22.0. The Kier molecular flexibility index (Phi) is 8.02. The summed E-state index contributed by atoms with van der Waals surface area (Å²) in [5.41, 5.74) is 3.18. The Morgan fingerprint density at radius 1 is 0.656 bits per heavy atom. The van der Waals surface area contributed by atoms with E-state index in [1.807, 2.05) is 91.0 Å². The second-order valence-electron chi connectivity index (χ2n) is 7.75. The molecule has 0 amide bonds.